The molecule has 1 rings (SSSR count). The highest BCUT2D eigenvalue weighted by Crippen LogP contribution is 2.19. The van der Waals surface area contributed by atoms with Gasteiger partial charge in [-0.15, -0.1) is 0 Å². The van der Waals surface area contributed by atoms with E-state index in [0.717, 1.165) is 12.3 Å². The van der Waals surface area contributed by atoms with Crippen molar-refractivity contribution in [1.29, 1.82) is 0 Å². The Bertz CT molecular complexity index is 637. The smallest absolute Gasteiger partial charge is 0.335 e. The summed E-state index contributed by atoms with van der Waals surface area (Å²) in [5.74, 6) is -1.79. The molecular weight excluding hydrogens is 286 g/mol. The van der Waals surface area contributed by atoms with E-state index in [2.05, 4.69) is 5.32 Å². The molecule has 0 radical (unpaired) electrons. The SMILES string of the molecule is COC(C)C(=O)Nc1cc(C(=O)O)cc(S(C)(=O)=O)c1. The molecule has 0 saturated heterocycles. The summed E-state index contributed by atoms with van der Waals surface area (Å²) >= 11 is 0. The summed E-state index contributed by atoms with van der Waals surface area (Å²) < 4.78 is 27.8. The van der Waals surface area contributed by atoms with Crippen LogP contribution < -0.4 is 5.32 Å². The Hall–Kier alpha value is -1.93. The number of carboxylic acid groups (broad SMARTS) is 1. The quantitative estimate of drug-likeness (QED) is 0.831. The van der Waals surface area contributed by atoms with Crippen molar-refractivity contribution in [3.8, 4) is 0 Å². The zero-order valence-corrected chi connectivity index (χ0v) is 12.0. The summed E-state index contributed by atoms with van der Waals surface area (Å²) in [5, 5.41) is 11.4. The molecule has 0 bridgehead atoms. The maximum absolute atomic E-state index is 11.7. The number of benzene rings is 1. The van der Waals surface area contributed by atoms with E-state index >= 15 is 0 Å². The molecule has 0 saturated carbocycles. The molecule has 1 atom stereocenters. The fourth-order valence-corrected chi connectivity index (χ4v) is 2.04. The molecule has 0 fully saturated rings. The lowest BCUT2D eigenvalue weighted by atomic mass is 10.2. The van der Waals surface area contributed by atoms with Gasteiger partial charge in [0.15, 0.2) is 9.84 Å². The Kier molecular flexibility index (Phi) is 4.85. The second-order valence-corrected chi connectivity index (χ2v) is 6.21. The monoisotopic (exact) mass is 301 g/mol. The van der Waals surface area contributed by atoms with Crippen LogP contribution in [0, 0.1) is 0 Å². The van der Waals surface area contributed by atoms with E-state index in [1.54, 1.807) is 0 Å². The third kappa shape index (κ3) is 4.04. The fraction of sp³-hybridized carbons (Fsp3) is 0.333. The van der Waals surface area contributed by atoms with Gasteiger partial charge in [-0.2, -0.15) is 0 Å². The molecule has 0 aliphatic carbocycles. The first-order valence-electron chi connectivity index (χ1n) is 5.57. The normalized spacial score (nSPS) is 12.8. The number of amides is 1. The summed E-state index contributed by atoms with van der Waals surface area (Å²) in [7, 11) is -2.24. The first kappa shape index (κ1) is 16.1. The summed E-state index contributed by atoms with van der Waals surface area (Å²) in [6.07, 6.45) is 0.210. The van der Waals surface area contributed by atoms with Gasteiger partial charge in [-0.05, 0) is 25.1 Å². The molecule has 8 heteroatoms. The van der Waals surface area contributed by atoms with Gasteiger partial charge in [0.05, 0.1) is 10.5 Å². The first-order chi connectivity index (χ1) is 9.15. The number of hydrogen-bond donors (Lipinski definition) is 2. The Morgan fingerprint density at radius 2 is 1.90 bits per heavy atom. The molecule has 20 heavy (non-hydrogen) atoms. The Morgan fingerprint density at radius 3 is 2.35 bits per heavy atom. The van der Waals surface area contributed by atoms with Crippen molar-refractivity contribution in [3.63, 3.8) is 0 Å². The zero-order chi connectivity index (χ0) is 15.5. The van der Waals surface area contributed by atoms with Crippen LogP contribution in [0.25, 0.3) is 0 Å². The van der Waals surface area contributed by atoms with Gasteiger partial charge < -0.3 is 15.2 Å². The molecule has 2 N–H and O–H groups in total. The number of carbonyl (C=O) groups excluding carboxylic acids is 1. The third-order valence-corrected chi connectivity index (χ3v) is 3.66. The molecule has 1 amide bonds. The number of nitrogens with one attached hydrogen (secondary N) is 1. The minimum Gasteiger partial charge on any atom is -0.478 e. The lowest BCUT2D eigenvalue weighted by Crippen LogP contribution is -2.26. The van der Waals surface area contributed by atoms with Gasteiger partial charge in [0.2, 0.25) is 0 Å². The summed E-state index contributed by atoms with van der Waals surface area (Å²) in [6, 6.07) is 3.41. The van der Waals surface area contributed by atoms with Gasteiger partial charge in [-0.3, -0.25) is 4.79 Å². The molecule has 0 aromatic heterocycles. The first-order valence-corrected chi connectivity index (χ1v) is 7.46. The van der Waals surface area contributed by atoms with Crippen molar-refractivity contribution >= 4 is 27.4 Å². The van der Waals surface area contributed by atoms with Gasteiger partial charge in [-0.25, -0.2) is 13.2 Å². The van der Waals surface area contributed by atoms with E-state index in [9.17, 15) is 18.0 Å². The molecule has 1 unspecified atom stereocenters. The van der Waals surface area contributed by atoms with Crippen LogP contribution in [0.4, 0.5) is 5.69 Å². The third-order valence-electron chi connectivity index (χ3n) is 2.57. The van der Waals surface area contributed by atoms with Crippen LogP contribution in [-0.4, -0.2) is 44.9 Å². The Balaban J connectivity index is 3.23. The van der Waals surface area contributed by atoms with Crippen LogP contribution in [0.15, 0.2) is 23.1 Å². The number of sulfone groups is 1. The van der Waals surface area contributed by atoms with Crippen molar-refractivity contribution in [2.75, 3.05) is 18.7 Å². The summed E-state index contributed by atoms with van der Waals surface area (Å²) in [6.45, 7) is 1.51. The number of carboxylic acids is 1. The van der Waals surface area contributed by atoms with Gasteiger partial charge in [0.1, 0.15) is 6.10 Å². The number of carbonyl (C=O) groups is 2. The molecule has 0 spiro atoms. The van der Waals surface area contributed by atoms with E-state index in [-0.39, 0.29) is 16.1 Å². The number of anilines is 1. The van der Waals surface area contributed by atoms with E-state index < -0.39 is 27.8 Å². The second kappa shape index (κ2) is 6.02. The number of hydrogen-bond acceptors (Lipinski definition) is 5. The highest BCUT2D eigenvalue weighted by Gasteiger charge is 2.17. The lowest BCUT2D eigenvalue weighted by molar-refractivity contribution is -0.124. The van der Waals surface area contributed by atoms with E-state index in [4.69, 9.17) is 9.84 Å². The molecule has 0 aliphatic heterocycles. The van der Waals surface area contributed by atoms with E-state index in [1.165, 1.54) is 26.2 Å². The van der Waals surface area contributed by atoms with E-state index in [1.807, 2.05) is 0 Å². The van der Waals surface area contributed by atoms with Crippen molar-refractivity contribution in [2.24, 2.45) is 0 Å². The molecule has 1 aromatic rings. The van der Waals surface area contributed by atoms with Crippen molar-refractivity contribution in [3.05, 3.63) is 23.8 Å². The maximum atomic E-state index is 11.7. The topological polar surface area (TPSA) is 110 Å². The van der Waals surface area contributed by atoms with Crippen molar-refractivity contribution in [1.82, 2.24) is 0 Å². The van der Waals surface area contributed by atoms with Crippen LogP contribution >= 0.6 is 0 Å². The van der Waals surface area contributed by atoms with E-state index in [0.29, 0.717) is 0 Å². The standard InChI is InChI=1S/C12H15NO6S/c1-7(19-2)11(14)13-9-4-8(12(15)16)5-10(6-9)20(3,17)18/h4-7H,1-3H3,(H,13,14)(H,15,16). The largest absolute Gasteiger partial charge is 0.478 e. The molecular formula is C12H15NO6S. The minimum atomic E-state index is -3.59. The molecule has 110 valence electrons. The van der Waals surface area contributed by atoms with Crippen LogP contribution in [0.1, 0.15) is 17.3 Å². The number of aromatic carboxylic acids is 1. The molecule has 1 aromatic carbocycles. The zero-order valence-electron chi connectivity index (χ0n) is 11.2. The fourth-order valence-electron chi connectivity index (χ4n) is 1.36. The highest BCUT2D eigenvalue weighted by molar-refractivity contribution is 7.90. The van der Waals surface area contributed by atoms with Crippen LogP contribution in [0.3, 0.4) is 0 Å². The highest BCUT2D eigenvalue weighted by atomic mass is 32.2. The van der Waals surface area contributed by atoms with Gasteiger partial charge in [-0.1, -0.05) is 0 Å². The lowest BCUT2D eigenvalue weighted by Gasteiger charge is -2.12. The van der Waals surface area contributed by atoms with Gasteiger partial charge >= 0.3 is 5.97 Å². The van der Waals surface area contributed by atoms with Gasteiger partial charge in [0, 0.05) is 19.1 Å². The van der Waals surface area contributed by atoms with Crippen LogP contribution in [0.2, 0.25) is 0 Å². The molecule has 0 aliphatic rings. The predicted octanol–water partition coefficient (Wildman–Crippen LogP) is 0.762. The number of methoxy groups -OCH3 is 1. The average molecular weight is 301 g/mol. The van der Waals surface area contributed by atoms with Crippen LogP contribution in [0.5, 0.6) is 0 Å². The maximum Gasteiger partial charge on any atom is 0.335 e. The van der Waals surface area contributed by atoms with Gasteiger partial charge in [0.25, 0.3) is 5.91 Å². The average Bonchev–Trinajstić information content (AvgIpc) is 2.36. The summed E-state index contributed by atoms with van der Waals surface area (Å²) in [5.41, 5.74) is -0.146. The number of rotatable bonds is 5. The summed E-state index contributed by atoms with van der Waals surface area (Å²) in [4.78, 5) is 22.4. The second-order valence-electron chi connectivity index (χ2n) is 4.19. The molecule has 0 heterocycles. The van der Waals surface area contributed by atoms with Crippen molar-refractivity contribution < 1.29 is 27.9 Å². The Labute approximate surface area is 116 Å². The minimum absolute atomic E-state index is 0.0826. The number of ether oxygens (including phenoxy) is 1. The molecule has 7 nitrogen and oxygen atoms in total. The Morgan fingerprint density at radius 1 is 1.30 bits per heavy atom. The predicted molar refractivity (Wildman–Crippen MR) is 71.6 cm³/mol. The van der Waals surface area contributed by atoms with Crippen molar-refractivity contribution in [2.45, 2.75) is 17.9 Å². The van der Waals surface area contributed by atoms with Crippen LogP contribution in [-0.2, 0) is 19.4 Å².